The van der Waals surface area contributed by atoms with Gasteiger partial charge >= 0.3 is 0 Å². The van der Waals surface area contributed by atoms with Crippen LogP contribution in [0.25, 0.3) is 10.9 Å². The van der Waals surface area contributed by atoms with Crippen molar-refractivity contribution >= 4 is 22.6 Å². The lowest BCUT2D eigenvalue weighted by Crippen LogP contribution is -2.36. The average molecular weight is 352 g/mol. The van der Waals surface area contributed by atoms with Crippen LogP contribution < -0.4 is 15.6 Å². The van der Waals surface area contributed by atoms with E-state index in [0.717, 1.165) is 4.68 Å². The van der Waals surface area contributed by atoms with Crippen LogP contribution >= 0.6 is 0 Å². The predicted octanol–water partition coefficient (Wildman–Crippen LogP) is 0.799. The number of carbonyl (C=O) groups excluding carboxylic acids is 2. The summed E-state index contributed by atoms with van der Waals surface area (Å²) >= 11 is 0. The van der Waals surface area contributed by atoms with Crippen molar-refractivity contribution in [3.05, 3.63) is 64.4 Å². The predicted molar refractivity (Wildman–Crippen MR) is 94.1 cm³/mol. The van der Waals surface area contributed by atoms with Gasteiger partial charge in [0.25, 0.3) is 5.56 Å². The van der Waals surface area contributed by atoms with Crippen molar-refractivity contribution in [1.29, 1.82) is 0 Å². The van der Waals surface area contributed by atoms with E-state index < -0.39 is 11.5 Å². The molecule has 0 atom stereocenters. The van der Waals surface area contributed by atoms with Gasteiger partial charge in [-0.25, -0.2) is 4.68 Å². The highest BCUT2D eigenvalue weighted by atomic mass is 16.5. The minimum absolute atomic E-state index is 0.180. The zero-order chi connectivity index (χ0) is 18.5. The van der Waals surface area contributed by atoms with Gasteiger partial charge in [0.05, 0.1) is 19.0 Å². The molecule has 3 rings (SSSR count). The third kappa shape index (κ3) is 3.75. The molecule has 0 spiro atoms. The summed E-state index contributed by atoms with van der Waals surface area (Å²) in [5.74, 6) is -0.115. The van der Waals surface area contributed by atoms with Crippen molar-refractivity contribution in [2.75, 3.05) is 13.7 Å². The van der Waals surface area contributed by atoms with E-state index in [9.17, 15) is 14.4 Å². The molecule has 0 unspecified atom stereocenters. The lowest BCUT2D eigenvalue weighted by molar-refractivity contribution is -0.121. The minimum atomic E-state index is -0.501. The molecule has 0 bridgehead atoms. The van der Waals surface area contributed by atoms with Gasteiger partial charge < -0.3 is 10.1 Å². The maximum atomic E-state index is 12.3. The number of carbonyl (C=O) groups is 2. The molecule has 2 aromatic carbocycles. The Bertz CT molecular complexity index is 1010. The Kier molecular flexibility index (Phi) is 5.02. The second-order valence-corrected chi connectivity index (χ2v) is 5.50. The third-order valence-electron chi connectivity index (χ3n) is 3.78. The summed E-state index contributed by atoms with van der Waals surface area (Å²) in [5, 5.41) is 10.5. The fraction of sp³-hybridized carbons (Fsp3) is 0.167. The number of fused-ring (bicyclic) bond motifs is 1. The van der Waals surface area contributed by atoms with Gasteiger partial charge in [0, 0.05) is 5.56 Å². The van der Waals surface area contributed by atoms with E-state index in [1.165, 1.54) is 7.11 Å². The summed E-state index contributed by atoms with van der Waals surface area (Å²) < 4.78 is 6.00. The Morgan fingerprint density at radius 1 is 1.12 bits per heavy atom. The SMILES string of the molecule is COc1ccc(C(=O)CNC(=O)Cn2nnc3ccccc3c2=O)cc1. The second-order valence-electron chi connectivity index (χ2n) is 5.50. The number of methoxy groups -OCH3 is 1. The number of hydrogen-bond acceptors (Lipinski definition) is 6. The minimum Gasteiger partial charge on any atom is -0.497 e. The van der Waals surface area contributed by atoms with E-state index in [-0.39, 0.29) is 18.9 Å². The van der Waals surface area contributed by atoms with Crippen LogP contribution in [0.15, 0.2) is 53.3 Å². The Balaban J connectivity index is 1.63. The van der Waals surface area contributed by atoms with Gasteiger partial charge in [-0.15, -0.1) is 5.10 Å². The first kappa shape index (κ1) is 17.3. The Morgan fingerprint density at radius 2 is 1.85 bits per heavy atom. The molecule has 0 saturated carbocycles. The summed E-state index contributed by atoms with van der Waals surface area (Å²) in [4.78, 5) is 36.4. The van der Waals surface area contributed by atoms with Crippen molar-refractivity contribution in [2.24, 2.45) is 0 Å². The average Bonchev–Trinajstić information content (AvgIpc) is 2.68. The van der Waals surface area contributed by atoms with Gasteiger partial charge in [-0.05, 0) is 36.4 Å². The fourth-order valence-corrected chi connectivity index (χ4v) is 2.38. The summed E-state index contributed by atoms with van der Waals surface area (Å²) in [6, 6.07) is 13.3. The molecule has 26 heavy (non-hydrogen) atoms. The highest BCUT2D eigenvalue weighted by molar-refractivity contribution is 5.99. The first-order valence-electron chi connectivity index (χ1n) is 7.85. The Hall–Kier alpha value is -3.55. The van der Waals surface area contributed by atoms with E-state index in [4.69, 9.17) is 4.74 Å². The van der Waals surface area contributed by atoms with Crippen LogP contribution in [0.1, 0.15) is 10.4 Å². The molecule has 1 amide bonds. The lowest BCUT2D eigenvalue weighted by Gasteiger charge is -2.07. The standard InChI is InChI=1S/C18H16N4O4/c1-26-13-8-6-12(7-9-13)16(23)10-19-17(24)11-22-18(25)14-4-2-3-5-15(14)20-21-22/h2-9H,10-11H2,1H3,(H,19,24). The molecule has 1 heterocycles. The quantitative estimate of drug-likeness (QED) is 0.658. The van der Waals surface area contributed by atoms with Crippen LogP contribution in [-0.4, -0.2) is 40.3 Å². The second kappa shape index (κ2) is 7.56. The molecule has 0 saturated heterocycles. The monoisotopic (exact) mass is 352 g/mol. The first-order valence-corrected chi connectivity index (χ1v) is 7.85. The van der Waals surface area contributed by atoms with E-state index >= 15 is 0 Å². The largest absolute Gasteiger partial charge is 0.497 e. The highest BCUT2D eigenvalue weighted by Gasteiger charge is 2.11. The summed E-state index contributed by atoms with van der Waals surface area (Å²) in [6.45, 7) is -0.493. The number of amides is 1. The van der Waals surface area contributed by atoms with E-state index in [2.05, 4.69) is 15.6 Å². The molecule has 1 N–H and O–H groups in total. The molecule has 0 aliphatic rings. The van der Waals surface area contributed by atoms with Crippen molar-refractivity contribution < 1.29 is 14.3 Å². The maximum Gasteiger partial charge on any atom is 0.278 e. The number of nitrogens with zero attached hydrogens (tertiary/aromatic N) is 3. The number of hydrogen-bond donors (Lipinski definition) is 1. The van der Waals surface area contributed by atoms with Gasteiger partial charge in [0.1, 0.15) is 17.8 Å². The van der Waals surface area contributed by atoms with Crippen LogP contribution in [0.3, 0.4) is 0 Å². The molecule has 132 valence electrons. The molecule has 0 aliphatic heterocycles. The van der Waals surface area contributed by atoms with Crippen molar-refractivity contribution in [1.82, 2.24) is 20.3 Å². The molecule has 1 aromatic heterocycles. The summed E-state index contributed by atoms with van der Waals surface area (Å²) in [5.41, 5.74) is 0.504. The molecule has 0 aliphatic carbocycles. The van der Waals surface area contributed by atoms with Crippen LogP contribution in [0.2, 0.25) is 0 Å². The molecule has 8 heteroatoms. The number of ether oxygens (including phenoxy) is 1. The normalized spacial score (nSPS) is 10.5. The van der Waals surface area contributed by atoms with Gasteiger partial charge in [-0.2, -0.15) is 0 Å². The van der Waals surface area contributed by atoms with Gasteiger partial charge in [-0.3, -0.25) is 14.4 Å². The third-order valence-corrected chi connectivity index (χ3v) is 3.78. The summed E-state index contributed by atoms with van der Waals surface area (Å²) in [7, 11) is 1.54. The number of ketones is 1. The van der Waals surface area contributed by atoms with E-state index in [1.807, 2.05) is 0 Å². The molecule has 8 nitrogen and oxygen atoms in total. The van der Waals surface area contributed by atoms with E-state index in [0.29, 0.717) is 22.2 Å². The van der Waals surface area contributed by atoms with Crippen LogP contribution in [0.5, 0.6) is 5.75 Å². The zero-order valence-electron chi connectivity index (χ0n) is 14.0. The first-order chi connectivity index (χ1) is 12.6. The number of rotatable bonds is 6. The van der Waals surface area contributed by atoms with Crippen LogP contribution in [0.4, 0.5) is 0 Å². The van der Waals surface area contributed by atoms with Gasteiger partial charge in [0.15, 0.2) is 5.78 Å². The van der Waals surface area contributed by atoms with Crippen molar-refractivity contribution in [3.8, 4) is 5.75 Å². The number of benzene rings is 2. The number of aromatic nitrogens is 3. The zero-order valence-corrected chi connectivity index (χ0v) is 14.0. The van der Waals surface area contributed by atoms with Crippen LogP contribution in [-0.2, 0) is 11.3 Å². The molecular formula is C18H16N4O4. The Morgan fingerprint density at radius 3 is 2.58 bits per heavy atom. The molecule has 3 aromatic rings. The maximum absolute atomic E-state index is 12.3. The number of Topliss-reactive ketones (excluding diaryl/α,β-unsaturated/α-hetero) is 1. The van der Waals surface area contributed by atoms with Gasteiger partial charge in [-0.1, -0.05) is 17.3 Å². The molecular weight excluding hydrogens is 336 g/mol. The van der Waals surface area contributed by atoms with Crippen LogP contribution in [0, 0.1) is 0 Å². The Labute approximate surface area is 148 Å². The fourth-order valence-electron chi connectivity index (χ4n) is 2.38. The smallest absolute Gasteiger partial charge is 0.278 e. The van der Waals surface area contributed by atoms with Crippen molar-refractivity contribution in [3.63, 3.8) is 0 Å². The molecule has 0 radical (unpaired) electrons. The van der Waals surface area contributed by atoms with Gasteiger partial charge in [0.2, 0.25) is 5.91 Å². The molecule has 0 fully saturated rings. The highest BCUT2D eigenvalue weighted by Crippen LogP contribution is 2.11. The number of nitrogens with one attached hydrogen (secondary N) is 1. The van der Waals surface area contributed by atoms with E-state index in [1.54, 1.807) is 48.5 Å². The lowest BCUT2D eigenvalue weighted by atomic mass is 10.1. The summed E-state index contributed by atoms with van der Waals surface area (Å²) in [6.07, 6.45) is 0. The topological polar surface area (TPSA) is 103 Å². The van der Waals surface area contributed by atoms with Crippen molar-refractivity contribution in [2.45, 2.75) is 6.54 Å².